The van der Waals surface area contributed by atoms with Gasteiger partial charge in [-0.3, -0.25) is 18.9 Å². The molecule has 16 nitrogen and oxygen atoms in total. The first-order valence-corrected chi connectivity index (χ1v) is 13.9. The molecule has 0 saturated carbocycles. The van der Waals surface area contributed by atoms with Crippen molar-refractivity contribution >= 4 is 51.7 Å². The number of hydrogen-bond acceptors (Lipinski definition) is 13. The number of carbonyl (C=O) groups is 4. The Morgan fingerprint density at radius 1 is 0.842 bits per heavy atom. The van der Waals surface area contributed by atoms with Crippen molar-refractivity contribution in [1.82, 2.24) is 25.3 Å². The molecule has 0 radical (unpaired) electrons. The largest absolute Gasteiger partial charge is 0.356 e. The summed E-state index contributed by atoms with van der Waals surface area (Å²) >= 11 is 0. The second kappa shape index (κ2) is 15.6. The summed E-state index contributed by atoms with van der Waals surface area (Å²) in [5.74, 6) is -1.44. The molecular formula is C21H34N8O8S. The van der Waals surface area contributed by atoms with E-state index in [1.807, 2.05) is 0 Å². The molecule has 17 heteroatoms. The summed E-state index contributed by atoms with van der Waals surface area (Å²) in [5, 5.41) is 12.2. The zero-order valence-electron chi connectivity index (χ0n) is 21.2. The first-order chi connectivity index (χ1) is 18.0. The quantitative estimate of drug-likeness (QED) is 0.0914. The predicted octanol–water partition coefficient (Wildman–Crippen LogP) is 0.0790. The predicted molar refractivity (Wildman–Crippen MR) is 135 cm³/mol. The molecule has 1 aliphatic heterocycles. The van der Waals surface area contributed by atoms with Crippen LogP contribution in [0.1, 0.15) is 58.3 Å². The monoisotopic (exact) mass is 558 g/mol. The maximum Gasteiger partial charge on any atom is 0.333 e. The second-order valence-corrected chi connectivity index (χ2v) is 9.99. The Morgan fingerprint density at radius 2 is 1.37 bits per heavy atom. The fraction of sp³-hybridized carbons (Fsp3) is 0.667. The lowest BCUT2D eigenvalue weighted by atomic mass is 10.2. The first-order valence-electron chi connectivity index (χ1n) is 12.3. The lowest BCUT2D eigenvalue weighted by Crippen LogP contribution is -2.31. The third-order valence-corrected chi connectivity index (χ3v) is 5.85. The van der Waals surface area contributed by atoms with E-state index in [2.05, 4.69) is 36.2 Å². The molecule has 38 heavy (non-hydrogen) atoms. The number of aromatic nitrogens is 3. The van der Waals surface area contributed by atoms with Gasteiger partial charge in [0.15, 0.2) is 0 Å². The van der Waals surface area contributed by atoms with Gasteiger partial charge >= 0.3 is 5.97 Å². The van der Waals surface area contributed by atoms with Gasteiger partial charge in [-0.15, -0.1) is 5.06 Å². The molecule has 0 unspecified atom stereocenters. The molecule has 212 valence electrons. The Bertz CT molecular complexity index is 1070. The normalized spacial score (nSPS) is 13.4. The number of nitrogens with one attached hydrogen (secondary N) is 4. The summed E-state index contributed by atoms with van der Waals surface area (Å²) in [5.41, 5.74) is 0. The lowest BCUT2D eigenvalue weighted by Gasteiger charge is -2.12. The van der Waals surface area contributed by atoms with Crippen molar-refractivity contribution in [3.05, 3.63) is 0 Å². The summed E-state index contributed by atoms with van der Waals surface area (Å²) in [6.45, 7) is 3.08. The van der Waals surface area contributed by atoms with Crippen LogP contribution >= 0.6 is 0 Å². The maximum absolute atomic E-state index is 11.9. The van der Waals surface area contributed by atoms with E-state index in [-0.39, 0.29) is 56.0 Å². The average molecular weight is 559 g/mol. The van der Waals surface area contributed by atoms with E-state index in [1.54, 1.807) is 0 Å². The Balaban J connectivity index is 1.78. The van der Waals surface area contributed by atoms with Gasteiger partial charge in [-0.05, 0) is 25.7 Å². The summed E-state index contributed by atoms with van der Waals surface area (Å²) in [6.07, 6.45) is 2.75. The second-order valence-electron chi connectivity index (χ2n) is 8.42. The highest BCUT2D eigenvalue weighted by molar-refractivity contribution is 7.85. The van der Waals surface area contributed by atoms with Gasteiger partial charge in [-0.2, -0.15) is 23.4 Å². The minimum absolute atomic E-state index is 0.0466. The van der Waals surface area contributed by atoms with E-state index in [4.69, 9.17) is 9.39 Å². The van der Waals surface area contributed by atoms with Gasteiger partial charge in [0.2, 0.25) is 23.8 Å². The van der Waals surface area contributed by atoms with Crippen LogP contribution in [0.5, 0.6) is 0 Å². The van der Waals surface area contributed by atoms with Crippen LogP contribution in [0.4, 0.5) is 17.8 Å². The number of rotatable bonds is 18. The maximum atomic E-state index is 11.9. The lowest BCUT2D eigenvalue weighted by molar-refractivity contribution is -0.197. The highest BCUT2D eigenvalue weighted by Gasteiger charge is 2.32. The molecule has 0 bridgehead atoms. The van der Waals surface area contributed by atoms with Crippen molar-refractivity contribution in [2.75, 3.05) is 47.9 Å². The zero-order valence-corrected chi connectivity index (χ0v) is 22.0. The molecule has 0 spiro atoms. The van der Waals surface area contributed by atoms with Gasteiger partial charge in [0.25, 0.3) is 21.9 Å². The van der Waals surface area contributed by atoms with Crippen LogP contribution in [-0.4, -0.2) is 88.6 Å². The van der Waals surface area contributed by atoms with Crippen molar-refractivity contribution in [1.29, 1.82) is 0 Å². The topological polar surface area (TPSA) is 222 Å². The van der Waals surface area contributed by atoms with Crippen molar-refractivity contribution in [2.45, 2.75) is 58.3 Å². The summed E-state index contributed by atoms with van der Waals surface area (Å²) in [4.78, 5) is 63.4. The SMILES string of the molecule is CC(=O)NCCCNc1nc(NCCCCCC(=O)ON2C(=O)CCC2=O)nc(NCCCS(=O)(=O)O)n1. The summed E-state index contributed by atoms with van der Waals surface area (Å²) in [7, 11) is -4.06. The third-order valence-electron chi connectivity index (χ3n) is 5.05. The molecule has 1 aromatic heterocycles. The van der Waals surface area contributed by atoms with Crippen LogP contribution < -0.4 is 21.3 Å². The van der Waals surface area contributed by atoms with Crippen LogP contribution in [-0.2, 0) is 34.1 Å². The van der Waals surface area contributed by atoms with Crippen molar-refractivity contribution in [2.24, 2.45) is 0 Å². The number of amides is 3. The fourth-order valence-electron chi connectivity index (χ4n) is 3.20. The molecule has 1 saturated heterocycles. The first kappa shape index (κ1) is 30.6. The molecule has 0 atom stereocenters. The molecule has 3 amide bonds. The number of carbonyl (C=O) groups excluding carboxylic acids is 4. The van der Waals surface area contributed by atoms with E-state index >= 15 is 0 Å². The molecule has 0 aromatic carbocycles. The van der Waals surface area contributed by atoms with Gasteiger partial charge in [-0.25, -0.2) is 4.79 Å². The van der Waals surface area contributed by atoms with Gasteiger partial charge < -0.3 is 26.1 Å². The fourth-order valence-corrected chi connectivity index (χ4v) is 3.71. The van der Waals surface area contributed by atoms with Gasteiger partial charge in [0, 0.05) is 52.4 Å². The number of imide groups is 1. The van der Waals surface area contributed by atoms with E-state index < -0.39 is 33.7 Å². The summed E-state index contributed by atoms with van der Waals surface area (Å²) < 4.78 is 30.6. The zero-order chi connectivity index (χ0) is 28.0. The minimum Gasteiger partial charge on any atom is -0.356 e. The molecule has 1 aromatic rings. The van der Waals surface area contributed by atoms with Crippen LogP contribution in [0.15, 0.2) is 0 Å². The van der Waals surface area contributed by atoms with Gasteiger partial charge in [0.1, 0.15) is 0 Å². The van der Waals surface area contributed by atoms with Crippen LogP contribution in [0.3, 0.4) is 0 Å². The van der Waals surface area contributed by atoms with Crippen molar-refractivity contribution in [3.8, 4) is 0 Å². The van der Waals surface area contributed by atoms with Gasteiger partial charge in [0.05, 0.1) is 5.75 Å². The molecule has 2 heterocycles. The van der Waals surface area contributed by atoms with Crippen LogP contribution in [0, 0.1) is 0 Å². The number of nitrogens with zero attached hydrogens (tertiary/aromatic N) is 4. The van der Waals surface area contributed by atoms with E-state index in [0.29, 0.717) is 50.4 Å². The van der Waals surface area contributed by atoms with Crippen molar-refractivity contribution in [3.63, 3.8) is 0 Å². The Kier molecular flexibility index (Phi) is 12.6. The van der Waals surface area contributed by atoms with Crippen LogP contribution in [0.2, 0.25) is 0 Å². The number of anilines is 3. The molecule has 0 aliphatic carbocycles. The number of unbranched alkanes of at least 4 members (excludes halogenated alkanes) is 2. The standard InChI is InChI=1S/C21H34N8O8S/c1-15(30)22-11-5-12-24-20-26-19(27-21(28-20)25-13-6-14-38(34,35)36)23-10-4-2-3-7-18(33)37-29-16(31)8-9-17(29)32/h2-14H2,1H3,(H,22,30)(H,34,35,36)(H3,23,24,25,26,27,28). The highest BCUT2D eigenvalue weighted by Crippen LogP contribution is 2.14. The smallest absolute Gasteiger partial charge is 0.333 e. The minimum atomic E-state index is -4.06. The Hall–Kier alpha value is -3.60. The van der Waals surface area contributed by atoms with Crippen LogP contribution in [0.25, 0.3) is 0 Å². The highest BCUT2D eigenvalue weighted by atomic mass is 32.2. The third kappa shape index (κ3) is 12.6. The van der Waals surface area contributed by atoms with E-state index in [0.717, 1.165) is 0 Å². The molecule has 2 rings (SSSR count). The van der Waals surface area contributed by atoms with E-state index in [1.165, 1.54) is 6.92 Å². The molecule has 5 N–H and O–H groups in total. The number of hydroxylamine groups is 2. The van der Waals surface area contributed by atoms with Gasteiger partial charge in [-0.1, -0.05) is 6.42 Å². The average Bonchev–Trinajstić information content (AvgIpc) is 3.15. The Morgan fingerprint density at radius 3 is 1.89 bits per heavy atom. The van der Waals surface area contributed by atoms with E-state index in [9.17, 15) is 27.6 Å². The molecular weight excluding hydrogens is 524 g/mol. The number of hydrogen-bond donors (Lipinski definition) is 5. The molecule has 1 aliphatic rings. The summed E-state index contributed by atoms with van der Waals surface area (Å²) in [6, 6.07) is 0. The van der Waals surface area contributed by atoms with Crippen molar-refractivity contribution < 1.29 is 37.0 Å². The molecule has 1 fully saturated rings. The Labute approximate surface area is 220 Å².